The minimum atomic E-state index is -0.0504. The highest BCUT2D eigenvalue weighted by molar-refractivity contribution is 5.93. The topological polar surface area (TPSA) is 78.3 Å². The number of carbonyl (C=O) groups excluding carboxylic acids is 1. The first kappa shape index (κ1) is 16.1. The molecule has 1 aliphatic carbocycles. The second-order valence-electron chi connectivity index (χ2n) is 7.87. The lowest BCUT2D eigenvalue weighted by Crippen LogP contribution is -2.55. The first-order chi connectivity index (χ1) is 12.7. The lowest BCUT2D eigenvalue weighted by atomic mass is 9.79. The molecule has 1 spiro atoms. The van der Waals surface area contributed by atoms with Gasteiger partial charge in [0.2, 0.25) is 5.76 Å². The third-order valence-electron chi connectivity index (χ3n) is 6.62. The summed E-state index contributed by atoms with van der Waals surface area (Å²) >= 11 is 0. The van der Waals surface area contributed by atoms with Crippen LogP contribution in [-0.2, 0) is 24.8 Å². The zero-order valence-electron chi connectivity index (χ0n) is 15.3. The average molecular weight is 355 g/mol. The summed E-state index contributed by atoms with van der Waals surface area (Å²) in [5, 5.41) is 4.15. The Morgan fingerprint density at radius 2 is 2.00 bits per heavy atom. The number of likely N-dealkylation sites (N-methyl/N-ethyl adjacent to an activating group) is 1. The Labute approximate surface area is 152 Å². The monoisotopic (exact) mass is 355 g/mol. The number of aromatic nitrogens is 3. The molecule has 2 aromatic heterocycles. The van der Waals surface area contributed by atoms with Gasteiger partial charge in [0.15, 0.2) is 0 Å². The molecule has 1 saturated heterocycles. The summed E-state index contributed by atoms with van der Waals surface area (Å²) < 4.78 is 5.47. The Hall–Kier alpha value is -2.15. The molecule has 138 valence electrons. The average Bonchev–Trinajstić information content (AvgIpc) is 3.32. The first-order valence-electron chi connectivity index (χ1n) is 9.70. The Bertz CT molecular complexity index is 831. The van der Waals surface area contributed by atoms with Gasteiger partial charge in [-0.05, 0) is 45.6 Å². The standard InChI is InChI=1S/C19H25N5O2/c1-23-9-6-15-17(21-12-20-15)19(23)7-10-24(11-8-19)18(25)16-13-4-2-3-5-14(13)22-26-16/h12H,2-11H2,1H3,(H,20,21). The molecule has 7 heteroatoms. The van der Waals surface area contributed by atoms with Gasteiger partial charge in [-0.15, -0.1) is 0 Å². The van der Waals surface area contributed by atoms with Gasteiger partial charge in [-0.1, -0.05) is 5.16 Å². The molecule has 3 aliphatic rings. The van der Waals surface area contributed by atoms with Crippen LogP contribution in [-0.4, -0.2) is 57.5 Å². The number of carbonyl (C=O) groups is 1. The zero-order chi connectivity index (χ0) is 17.7. The molecule has 1 amide bonds. The second-order valence-corrected chi connectivity index (χ2v) is 7.87. The predicted octanol–water partition coefficient (Wildman–Crippen LogP) is 1.90. The quantitative estimate of drug-likeness (QED) is 0.845. The van der Waals surface area contributed by atoms with Crippen LogP contribution in [0.15, 0.2) is 10.9 Å². The third kappa shape index (κ3) is 2.26. The molecule has 1 fully saturated rings. The van der Waals surface area contributed by atoms with Crippen LogP contribution in [0, 0.1) is 0 Å². The normalized spacial score (nSPS) is 22.3. The van der Waals surface area contributed by atoms with Crippen molar-refractivity contribution in [3.05, 3.63) is 34.7 Å². The molecular formula is C19H25N5O2. The van der Waals surface area contributed by atoms with Crippen LogP contribution in [0.2, 0.25) is 0 Å². The minimum Gasteiger partial charge on any atom is -0.350 e. The fraction of sp³-hybridized carbons (Fsp3) is 0.632. The van der Waals surface area contributed by atoms with Crippen LogP contribution in [0.5, 0.6) is 0 Å². The number of nitrogens with zero attached hydrogens (tertiary/aromatic N) is 4. The molecular weight excluding hydrogens is 330 g/mol. The molecule has 4 heterocycles. The molecule has 0 saturated carbocycles. The van der Waals surface area contributed by atoms with E-state index in [0.29, 0.717) is 5.76 Å². The minimum absolute atomic E-state index is 0.0104. The highest BCUT2D eigenvalue weighted by Gasteiger charge is 2.46. The maximum absolute atomic E-state index is 13.0. The van der Waals surface area contributed by atoms with Crippen molar-refractivity contribution in [1.82, 2.24) is 24.9 Å². The van der Waals surface area contributed by atoms with Crippen molar-refractivity contribution in [1.29, 1.82) is 0 Å². The van der Waals surface area contributed by atoms with E-state index >= 15 is 0 Å². The van der Waals surface area contributed by atoms with E-state index in [0.717, 1.165) is 75.8 Å². The number of H-pyrrole nitrogens is 1. The van der Waals surface area contributed by atoms with Gasteiger partial charge in [0.25, 0.3) is 5.91 Å². The summed E-state index contributed by atoms with van der Waals surface area (Å²) in [5.41, 5.74) is 4.42. The van der Waals surface area contributed by atoms with Gasteiger partial charge >= 0.3 is 0 Å². The number of aromatic amines is 1. The fourth-order valence-electron chi connectivity index (χ4n) is 4.99. The highest BCUT2D eigenvalue weighted by atomic mass is 16.5. The van der Waals surface area contributed by atoms with Crippen molar-refractivity contribution in [2.24, 2.45) is 0 Å². The predicted molar refractivity (Wildman–Crippen MR) is 94.9 cm³/mol. The van der Waals surface area contributed by atoms with Crippen LogP contribution in [0.1, 0.15) is 58.9 Å². The van der Waals surface area contributed by atoms with Crippen molar-refractivity contribution >= 4 is 5.91 Å². The summed E-state index contributed by atoms with van der Waals surface area (Å²) in [6.07, 6.45) is 8.73. The van der Waals surface area contributed by atoms with E-state index in [9.17, 15) is 4.79 Å². The lowest BCUT2D eigenvalue weighted by molar-refractivity contribution is 0.0207. The molecule has 5 rings (SSSR count). The van der Waals surface area contributed by atoms with Crippen LogP contribution in [0.4, 0.5) is 0 Å². The Morgan fingerprint density at radius 1 is 1.19 bits per heavy atom. The largest absolute Gasteiger partial charge is 0.350 e. The van der Waals surface area contributed by atoms with Gasteiger partial charge in [0, 0.05) is 37.3 Å². The van der Waals surface area contributed by atoms with Crippen LogP contribution >= 0.6 is 0 Å². The van der Waals surface area contributed by atoms with E-state index in [1.165, 1.54) is 11.4 Å². The first-order valence-corrected chi connectivity index (χ1v) is 9.70. The summed E-state index contributed by atoms with van der Waals surface area (Å²) in [7, 11) is 2.18. The number of fused-ring (bicyclic) bond motifs is 3. The summed E-state index contributed by atoms with van der Waals surface area (Å²) in [6, 6.07) is 0. The van der Waals surface area contributed by atoms with E-state index < -0.39 is 0 Å². The second kappa shape index (κ2) is 5.94. The van der Waals surface area contributed by atoms with Crippen LogP contribution in [0.3, 0.4) is 0 Å². The molecule has 7 nitrogen and oxygen atoms in total. The zero-order valence-corrected chi connectivity index (χ0v) is 15.3. The number of rotatable bonds is 1. The number of hydrogen-bond acceptors (Lipinski definition) is 5. The van der Waals surface area contributed by atoms with Gasteiger partial charge in [-0.25, -0.2) is 4.98 Å². The van der Waals surface area contributed by atoms with E-state index in [-0.39, 0.29) is 11.4 Å². The van der Waals surface area contributed by atoms with E-state index in [1.807, 2.05) is 11.2 Å². The molecule has 0 atom stereocenters. The number of piperidine rings is 1. The maximum Gasteiger partial charge on any atom is 0.292 e. The number of hydrogen-bond donors (Lipinski definition) is 1. The van der Waals surface area contributed by atoms with Gasteiger partial charge in [-0.2, -0.15) is 0 Å². The van der Waals surface area contributed by atoms with Crippen LogP contribution in [0.25, 0.3) is 0 Å². The number of imidazole rings is 1. The molecule has 0 bridgehead atoms. The SMILES string of the molecule is CN1CCc2[nH]cnc2C12CCN(C(=O)c1onc3c1CCCC3)CC2. The number of likely N-dealkylation sites (tertiary alicyclic amines) is 1. The molecule has 1 N–H and O–H groups in total. The maximum atomic E-state index is 13.0. The van der Waals surface area contributed by atoms with Gasteiger partial charge < -0.3 is 14.4 Å². The van der Waals surface area contributed by atoms with Crippen molar-refractivity contribution in [3.63, 3.8) is 0 Å². The van der Waals surface area contributed by atoms with Crippen molar-refractivity contribution in [2.45, 2.75) is 50.5 Å². The van der Waals surface area contributed by atoms with E-state index in [2.05, 4.69) is 27.1 Å². The van der Waals surface area contributed by atoms with Gasteiger partial charge in [0.1, 0.15) is 0 Å². The molecule has 2 aliphatic heterocycles. The smallest absolute Gasteiger partial charge is 0.292 e. The Kier molecular flexibility index (Phi) is 3.67. The van der Waals surface area contributed by atoms with Gasteiger partial charge in [-0.3, -0.25) is 9.69 Å². The fourth-order valence-corrected chi connectivity index (χ4v) is 4.99. The summed E-state index contributed by atoms with van der Waals surface area (Å²) in [6.45, 7) is 2.48. The van der Waals surface area contributed by atoms with E-state index in [4.69, 9.17) is 4.52 Å². The van der Waals surface area contributed by atoms with Crippen molar-refractivity contribution in [3.8, 4) is 0 Å². The van der Waals surface area contributed by atoms with Crippen molar-refractivity contribution in [2.75, 3.05) is 26.7 Å². The number of amides is 1. The summed E-state index contributed by atoms with van der Waals surface area (Å²) in [4.78, 5) is 25.3. The molecule has 2 aromatic rings. The Balaban J connectivity index is 1.37. The lowest BCUT2D eigenvalue weighted by Gasteiger charge is -2.49. The van der Waals surface area contributed by atoms with Crippen LogP contribution < -0.4 is 0 Å². The number of nitrogens with one attached hydrogen (secondary N) is 1. The molecule has 0 aromatic carbocycles. The molecule has 0 radical (unpaired) electrons. The van der Waals surface area contributed by atoms with Crippen molar-refractivity contribution < 1.29 is 9.32 Å². The third-order valence-corrected chi connectivity index (χ3v) is 6.62. The molecule has 26 heavy (non-hydrogen) atoms. The number of aryl methyl sites for hydroxylation is 1. The summed E-state index contributed by atoms with van der Waals surface area (Å²) in [5.74, 6) is 0.490. The van der Waals surface area contributed by atoms with Gasteiger partial charge in [0.05, 0.1) is 23.3 Å². The highest BCUT2D eigenvalue weighted by Crippen LogP contribution is 2.41. The molecule has 0 unspecified atom stereocenters. The Morgan fingerprint density at radius 3 is 2.85 bits per heavy atom. The van der Waals surface area contributed by atoms with E-state index in [1.54, 1.807) is 0 Å².